The summed E-state index contributed by atoms with van der Waals surface area (Å²) in [6.45, 7) is 2.29. The Labute approximate surface area is 125 Å². The van der Waals surface area contributed by atoms with E-state index >= 15 is 0 Å². The van der Waals surface area contributed by atoms with Crippen LogP contribution in [0.1, 0.15) is 11.1 Å². The van der Waals surface area contributed by atoms with Crippen LogP contribution in [0.15, 0.2) is 41.9 Å². The van der Waals surface area contributed by atoms with E-state index in [0.717, 1.165) is 21.5 Å². The summed E-state index contributed by atoms with van der Waals surface area (Å²) in [5.41, 5.74) is 5.50. The minimum Gasteiger partial charge on any atom is -0.381 e. The van der Waals surface area contributed by atoms with Crippen LogP contribution in [-0.2, 0) is 6.54 Å². The molecule has 5 nitrogen and oxygen atoms in total. The van der Waals surface area contributed by atoms with Crippen molar-refractivity contribution in [1.29, 1.82) is 0 Å². The van der Waals surface area contributed by atoms with Crippen LogP contribution in [0.3, 0.4) is 0 Å². The SMILES string of the molecule is Cc1ccc(CNc2ccc3ncsc3c2)cc1[N+](=O)[O-]. The molecule has 0 aliphatic carbocycles. The minimum absolute atomic E-state index is 0.159. The average molecular weight is 299 g/mol. The van der Waals surface area contributed by atoms with Crippen LogP contribution in [0.25, 0.3) is 10.2 Å². The van der Waals surface area contributed by atoms with Crippen molar-refractivity contribution >= 4 is 32.9 Å². The van der Waals surface area contributed by atoms with Crippen LogP contribution < -0.4 is 5.32 Å². The molecule has 3 rings (SSSR count). The number of aryl methyl sites for hydroxylation is 1. The Hall–Kier alpha value is -2.47. The van der Waals surface area contributed by atoms with Crippen LogP contribution in [0.4, 0.5) is 11.4 Å². The molecule has 0 bridgehead atoms. The first-order valence-electron chi connectivity index (χ1n) is 6.44. The fraction of sp³-hybridized carbons (Fsp3) is 0.133. The molecule has 21 heavy (non-hydrogen) atoms. The van der Waals surface area contributed by atoms with Gasteiger partial charge in [-0.1, -0.05) is 12.1 Å². The first-order chi connectivity index (χ1) is 10.1. The van der Waals surface area contributed by atoms with Gasteiger partial charge in [0.1, 0.15) is 0 Å². The molecule has 0 saturated carbocycles. The van der Waals surface area contributed by atoms with Crippen molar-refractivity contribution in [2.24, 2.45) is 0 Å². The summed E-state index contributed by atoms with van der Waals surface area (Å²) in [6.07, 6.45) is 0. The minimum atomic E-state index is -0.345. The van der Waals surface area contributed by atoms with Gasteiger partial charge in [-0.15, -0.1) is 11.3 Å². The van der Waals surface area contributed by atoms with Gasteiger partial charge in [0.05, 0.1) is 20.7 Å². The third-order valence-corrected chi connectivity index (χ3v) is 4.09. The Kier molecular flexibility index (Phi) is 3.53. The summed E-state index contributed by atoms with van der Waals surface area (Å²) in [7, 11) is 0. The lowest BCUT2D eigenvalue weighted by atomic mass is 10.1. The zero-order valence-corrected chi connectivity index (χ0v) is 12.2. The van der Waals surface area contributed by atoms with E-state index in [4.69, 9.17) is 0 Å². The number of rotatable bonds is 4. The van der Waals surface area contributed by atoms with Crippen molar-refractivity contribution in [3.8, 4) is 0 Å². The Bertz CT molecular complexity index is 814. The number of hydrogen-bond acceptors (Lipinski definition) is 5. The quantitative estimate of drug-likeness (QED) is 0.581. The van der Waals surface area contributed by atoms with E-state index in [0.29, 0.717) is 12.1 Å². The van der Waals surface area contributed by atoms with E-state index in [2.05, 4.69) is 10.3 Å². The summed E-state index contributed by atoms with van der Waals surface area (Å²) in [4.78, 5) is 14.8. The van der Waals surface area contributed by atoms with Gasteiger partial charge in [0.2, 0.25) is 0 Å². The van der Waals surface area contributed by atoms with Crippen LogP contribution in [-0.4, -0.2) is 9.91 Å². The number of fused-ring (bicyclic) bond motifs is 1. The van der Waals surface area contributed by atoms with Crippen LogP contribution >= 0.6 is 11.3 Å². The number of nitrogens with one attached hydrogen (secondary N) is 1. The Balaban J connectivity index is 1.77. The maximum Gasteiger partial charge on any atom is 0.272 e. The number of thiazole rings is 1. The molecule has 0 fully saturated rings. The van der Waals surface area contributed by atoms with Gasteiger partial charge in [0.25, 0.3) is 5.69 Å². The van der Waals surface area contributed by atoms with E-state index in [1.54, 1.807) is 30.4 Å². The molecular weight excluding hydrogens is 286 g/mol. The lowest BCUT2D eigenvalue weighted by Crippen LogP contribution is -2.01. The number of nitro benzene ring substituents is 1. The van der Waals surface area contributed by atoms with E-state index in [1.807, 2.05) is 29.8 Å². The molecule has 3 aromatic rings. The third kappa shape index (κ3) is 2.85. The van der Waals surface area contributed by atoms with Crippen molar-refractivity contribution in [2.45, 2.75) is 13.5 Å². The Morgan fingerprint density at radius 2 is 2.14 bits per heavy atom. The number of anilines is 1. The monoisotopic (exact) mass is 299 g/mol. The van der Waals surface area contributed by atoms with Crippen LogP contribution in [0.2, 0.25) is 0 Å². The molecule has 0 aliphatic rings. The summed E-state index contributed by atoms with van der Waals surface area (Å²) in [6, 6.07) is 11.3. The third-order valence-electron chi connectivity index (χ3n) is 3.30. The molecule has 1 N–H and O–H groups in total. The van der Waals surface area contributed by atoms with E-state index in [9.17, 15) is 10.1 Å². The van der Waals surface area contributed by atoms with E-state index < -0.39 is 0 Å². The number of benzene rings is 2. The highest BCUT2D eigenvalue weighted by molar-refractivity contribution is 7.16. The zero-order valence-electron chi connectivity index (χ0n) is 11.4. The summed E-state index contributed by atoms with van der Waals surface area (Å²) in [5, 5.41) is 14.2. The highest BCUT2D eigenvalue weighted by Gasteiger charge is 2.10. The lowest BCUT2D eigenvalue weighted by Gasteiger charge is -2.07. The highest BCUT2D eigenvalue weighted by Crippen LogP contribution is 2.23. The van der Waals surface area contributed by atoms with Crippen molar-refractivity contribution in [3.63, 3.8) is 0 Å². The van der Waals surface area contributed by atoms with Crippen molar-refractivity contribution in [3.05, 3.63) is 63.1 Å². The Morgan fingerprint density at radius 1 is 1.29 bits per heavy atom. The molecule has 0 aliphatic heterocycles. The lowest BCUT2D eigenvalue weighted by molar-refractivity contribution is -0.385. The van der Waals surface area contributed by atoms with Crippen molar-refractivity contribution < 1.29 is 4.92 Å². The van der Waals surface area contributed by atoms with Crippen molar-refractivity contribution in [2.75, 3.05) is 5.32 Å². The van der Waals surface area contributed by atoms with Crippen LogP contribution in [0.5, 0.6) is 0 Å². The molecule has 2 aromatic carbocycles. The molecule has 0 unspecified atom stereocenters. The number of nitro groups is 1. The van der Waals surface area contributed by atoms with Crippen LogP contribution in [0, 0.1) is 17.0 Å². The standard InChI is InChI=1S/C15H13N3O2S/c1-10-2-3-11(6-14(10)18(19)20)8-16-12-4-5-13-15(7-12)21-9-17-13/h2-7,9,16H,8H2,1H3. The Morgan fingerprint density at radius 3 is 2.95 bits per heavy atom. The zero-order chi connectivity index (χ0) is 14.8. The predicted octanol–water partition coefficient (Wildman–Crippen LogP) is 4.13. The topological polar surface area (TPSA) is 68.1 Å². The summed E-state index contributed by atoms with van der Waals surface area (Å²) >= 11 is 1.59. The van der Waals surface area contributed by atoms with Gasteiger partial charge in [-0.2, -0.15) is 0 Å². The van der Waals surface area contributed by atoms with E-state index in [1.165, 1.54) is 0 Å². The van der Waals surface area contributed by atoms with Gasteiger partial charge in [0.15, 0.2) is 0 Å². The summed E-state index contributed by atoms with van der Waals surface area (Å²) < 4.78 is 1.12. The molecule has 1 aromatic heterocycles. The molecule has 0 spiro atoms. The number of hydrogen-bond donors (Lipinski definition) is 1. The molecule has 6 heteroatoms. The fourth-order valence-electron chi connectivity index (χ4n) is 2.13. The molecule has 1 heterocycles. The van der Waals surface area contributed by atoms with Gasteiger partial charge in [-0.3, -0.25) is 10.1 Å². The second-order valence-corrected chi connectivity index (χ2v) is 5.65. The first kappa shape index (κ1) is 13.5. The molecule has 0 saturated heterocycles. The maximum absolute atomic E-state index is 10.9. The van der Waals surface area contributed by atoms with E-state index in [-0.39, 0.29) is 10.6 Å². The second-order valence-electron chi connectivity index (χ2n) is 4.77. The summed E-state index contributed by atoms with van der Waals surface area (Å²) in [5.74, 6) is 0. The molecule has 0 amide bonds. The first-order valence-corrected chi connectivity index (χ1v) is 7.32. The molecule has 0 radical (unpaired) electrons. The smallest absolute Gasteiger partial charge is 0.272 e. The molecular formula is C15H13N3O2S. The number of nitrogens with zero attached hydrogens (tertiary/aromatic N) is 2. The number of aromatic nitrogens is 1. The van der Waals surface area contributed by atoms with Gasteiger partial charge < -0.3 is 5.32 Å². The van der Waals surface area contributed by atoms with Gasteiger partial charge in [0, 0.05) is 23.9 Å². The van der Waals surface area contributed by atoms with Gasteiger partial charge >= 0.3 is 0 Å². The van der Waals surface area contributed by atoms with Gasteiger partial charge in [-0.25, -0.2) is 4.98 Å². The highest BCUT2D eigenvalue weighted by atomic mass is 32.1. The molecule has 0 atom stereocenters. The largest absolute Gasteiger partial charge is 0.381 e. The molecule has 106 valence electrons. The average Bonchev–Trinajstić information content (AvgIpc) is 2.93. The van der Waals surface area contributed by atoms with Crippen molar-refractivity contribution in [1.82, 2.24) is 4.98 Å². The van der Waals surface area contributed by atoms with Gasteiger partial charge in [-0.05, 0) is 30.7 Å². The maximum atomic E-state index is 10.9. The fourth-order valence-corrected chi connectivity index (χ4v) is 2.85. The second kappa shape index (κ2) is 5.49. The predicted molar refractivity (Wildman–Crippen MR) is 84.8 cm³/mol. The normalized spacial score (nSPS) is 10.7.